The van der Waals surface area contributed by atoms with E-state index in [0.717, 1.165) is 16.7 Å². The van der Waals surface area contributed by atoms with Gasteiger partial charge in [-0.05, 0) is 16.7 Å². The number of ether oxygens (including phenoxy) is 5. The van der Waals surface area contributed by atoms with Crippen molar-refractivity contribution < 1.29 is 33.3 Å². The highest BCUT2D eigenvalue weighted by molar-refractivity contribution is 6.05. The van der Waals surface area contributed by atoms with E-state index in [1.807, 2.05) is 91.0 Å². The van der Waals surface area contributed by atoms with Crippen LogP contribution in [0.1, 0.15) is 16.7 Å². The van der Waals surface area contributed by atoms with Crippen LogP contribution in [-0.2, 0) is 53.1 Å². The molecular formula is C28H28O7. The third-order valence-electron chi connectivity index (χ3n) is 5.61. The Bertz CT molecular complexity index is 1070. The zero-order chi connectivity index (χ0) is 24.5. The van der Waals surface area contributed by atoms with Gasteiger partial charge in [0.2, 0.25) is 11.9 Å². The number of carbonyl (C=O) groups excluding carboxylic acids is 2. The van der Waals surface area contributed by atoms with Crippen LogP contribution in [0.5, 0.6) is 0 Å². The summed E-state index contributed by atoms with van der Waals surface area (Å²) in [5.41, 5.74) is 2.70. The molecule has 0 aromatic heterocycles. The van der Waals surface area contributed by atoms with E-state index in [0.29, 0.717) is 0 Å². The first-order chi connectivity index (χ1) is 17.2. The summed E-state index contributed by atoms with van der Waals surface area (Å²) >= 11 is 0. The van der Waals surface area contributed by atoms with Crippen LogP contribution >= 0.6 is 0 Å². The van der Waals surface area contributed by atoms with Gasteiger partial charge in [-0.25, -0.2) is 4.79 Å². The first kappa shape index (κ1) is 24.8. The van der Waals surface area contributed by atoms with E-state index >= 15 is 0 Å². The van der Waals surface area contributed by atoms with E-state index in [2.05, 4.69) is 0 Å². The van der Waals surface area contributed by atoms with Gasteiger partial charge < -0.3 is 23.7 Å². The van der Waals surface area contributed by atoms with Crippen LogP contribution in [-0.4, -0.2) is 43.5 Å². The fraction of sp³-hybridized carbons (Fsp3) is 0.286. The monoisotopic (exact) mass is 476 g/mol. The number of Topliss-reactive ketones (excluding diaryl/α,β-unsaturated/α-hetero) is 1. The number of methoxy groups -OCH3 is 1. The van der Waals surface area contributed by atoms with Crippen molar-refractivity contribution in [1.82, 2.24) is 0 Å². The summed E-state index contributed by atoms with van der Waals surface area (Å²) in [5.74, 6) is -1.37. The molecule has 1 aliphatic rings. The molecule has 0 N–H and O–H groups in total. The number of ketones is 1. The molecule has 7 nitrogen and oxygen atoms in total. The lowest BCUT2D eigenvalue weighted by Gasteiger charge is -2.39. The highest BCUT2D eigenvalue weighted by Crippen LogP contribution is 2.27. The minimum absolute atomic E-state index is 0.155. The third-order valence-corrected chi connectivity index (χ3v) is 5.61. The molecule has 1 fully saturated rings. The molecule has 7 heteroatoms. The van der Waals surface area contributed by atoms with Gasteiger partial charge in [0.05, 0.1) is 26.9 Å². The summed E-state index contributed by atoms with van der Waals surface area (Å²) < 4.78 is 28.9. The second-order valence-electron chi connectivity index (χ2n) is 8.09. The molecule has 0 aliphatic carbocycles. The molecule has 3 aromatic rings. The summed E-state index contributed by atoms with van der Waals surface area (Å²) in [7, 11) is 1.20. The SMILES string of the molecule is COC(=O)[C@@H]1O[C@@H](OCc2ccccc2)[C@H](OCc2ccccc2)[C@@H](OCc2ccccc2)C1=O. The number of benzene rings is 3. The number of hydrogen-bond acceptors (Lipinski definition) is 7. The van der Waals surface area contributed by atoms with Crippen molar-refractivity contribution in [3.8, 4) is 0 Å². The first-order valence-electron chi connectivity index (χ1n) is 11.4. The Morgan fingerprint density at radius 3 is 1.66 bits per heavy atom. The van der Waals surface area contributed by atoms with Crippen molar-refractivity contribution in [2.75, 3.05) is 7.11 Å². The number of hydrogen-bond donors (Lipinski definition) is 0. The molecule has 0 saturated carbocycles. The number of esters is 1. The summed E-state index contributed by atoms with van der Waals surface area (Å²) in [6.45, 7) is 0.563. The van der Waals surface area contributed by atoms with Gasteiger partial charge >= 0.3 is 5.97 Å². The normalized spacial score (nSPS) is 22.0. The van der Waals surface area contributed by atoms with Gasteiger partial charge in [0.15, 0.2) is 12.4 Å². The van der Waals surface area contributed by atoms with Crippen LogP contribution in [0.2, 0.25) is 0 Å². The van der Waals surface area contributed by atoms with Crippen molar-refractivity contribution in [3.63, 3.8) is 0 Å². The molecule has 182 valence electrons. The highest BCUT2D eigenvalue weighted by atomic mass is 16.7. The fourth-order valence-corrected chi connectivity index (χ4v) is 3.77. The molecule has 35 heavy (non-hydrogen) atoms. The second kappa shape index (κ2) is 12.4. The smallest absolute Gasteiger partial charge is 0.343 e. The Balaban J connectivity index is 1.58. The summed E-state index contributed by atoms with van der Waals surface area (Å²) in [5, 5.41) is 0. The van der Waals surface area contributed by atoms with Gasteiger partial charge in [0.25, 0.3) is 0 Å². The van der Waals surface area contributed by atoms with Crippen molar-refractivity contribution in [2.24, 2.45) is 0 Å². The lowest BCUT2D eigenvalue weighted by Crippen LogP contribution is -2.59. The van der Waals surface area contributed by atoms with E-state index in [1.54, 1.807) is 0 Å². The lowest BCUT2D eigenvalue weighted by molar-refractivity contribution is -0.275. The third kappa shape index (κ3) is 6.61. The molecule has 0 spiro atoms. The molecule has 1 heterocycles. The van der Waals surface area contributed by atoms with Crippen molar-refractivity contribution >= 4 is 11.8 Å². The van der Waals surface area contributed by atoms with Crippen LogP contribution in [0, 0.1) is 0 Å². The summed E-state index contributed by atoms with van der Waals surface area (Å²) in [4.78, 5) is 25.7. The van der Waals surface area contributed by atoms with Gasteiger partial charge in [-0.2, -0.15) is 0 Å². The van der Waals surface area contributed by atoms with Crippen molar-refractivity contribution in [1.29, 1.82) is 0 Å². The topological polar surface area (TPSA) is 80.3 Å². The van der Waals surface area contributed by atoms with Crippen LogP contribution in [0.3, 0.4) is 0 Å². The van der Waals surface area contributed by atoms with Gasteiger partial charge in [0.1, 0.15) is 6.10 Å². The number of rotatable bonds is 10. The van der Waals surface area contributed by atoms with Crippen LogP contribution in [0.4, 0.5) is 0 Å². The molecule has 1 aliphatic heterocycles. The average Bonchev–Trinajstić information content (AvgIpc) is 2.92. The average molecular weight is 477 g/mol. The largest absolute Gasteiger partial charge is 0.467 e. The first-order valence-corrected chi connectivity index (χ1v) is 11.4. The molecule has 0 amide bonds. The molecule has 3 aromatic carbocycles. The van der Waals surface area contributed by atoms with Gasteiger partial charge in [-0.15, -0.1) is 0 Å². The molecule has 4 rings (SSSR count). The Kier molecular flexibility index (Phi) is 8.75. The molecule has 0 radical (unpaired) electrons. The zero-order valence-electron chi connectivity index (χ0n) is 19.4. The highest BCUT2D eigenvalue weighted by Gasteiger charge is 2.50. The fourth-order valence-electron chi connectivity index (χ4n) is 3.77. The zero-order valence-corrected chi connectivity index (χ0v) is 19.4. The van der Waals surface area contributed by atoms with Gasteiger partial charge in [-0.1, -0.05) is 91.0 Å². The second-order valence-corrected chi connectivity index (χ2v) is 8.09. The van der Waals surface area contributed by atoms with E-state index in [4.69, 9.17) is 23.7 Å². The van der Waals surface area contributed by atoms with E-state index in [-0.39, 0.29) is 19.8 Å². The van der Waals surface area contributed by atoms with Crippen LogP contribution < -0.4 is 0 Å². The minimum Gasteiger partial charge on any atom is -0.467 e. The number of carbonyl (C=O) groups is 2. The molecule has 1 saturated heterocycles. The van der Waals surface area contributed by atoms with E-state index < -0.39 is 36.4 Å². The predicted molar refractivity (Wildman–Crippen MR) is 127 cm³/mol. The van der Waals surface area contributed by atoms with E-state index in [9.17, 15) is 9.59 Å². The maximum Gasteiger partial charge on any atom is 0.343 e. The Labute approximate surface area is 204 Å². The van der Waals surface area contributed by atoms with Gasteiger partial charge in [0, 0.05) is 0 Å². The molecule has 0 bridgehead atoms. The molecule has 4 atom stereocenters. The quantitative estimate of drug-likeness (QED) is 0.325. The summed E-state index contributed by atoms with van der Waals surface area (Å²) in [6, 6.07) is 28.5. The van der Waals surface area contributed by atoms with Crippen LogP contribution in [0.25, 0.3) is 0 Å². The minimum atomic E-state index is -1.47. The molecule has 0 unspecified atom stereocenters. The molecular weight excluding hydrogens is 448 g/mol. The summed E-state index contributed by atoms with van der Waals surface area (Å²) in [6.07, 6.45) is -4.52. The Morgan fingerprint density at radius 1 is 0.714 bits per heavy atom. The maximum atomic E-state index is 13.3. The predicted octanol–water partition coefficient (Wildman–Crippen LogP) is 3.84. The van der Waals surface area contributed by atoms with Crippen molar-refractivity contribution in [3.05, 3.63) is 108 Å². The van der Waals surface area contributed by atoms with Crippen molar-refractivity contribution in [2.45, 2.75) is 44.4 Å². The Hall–Kier alpha value is -3.36. The standard InChI is InChI=1S/C28H28O7/c1-31-27(30)25-23(29)24(32-17-20-11-5-2-6-12-20)26(33-18-21-13-7-3-8-14-21)28(35-25)34-19-22-15-9-4-10-16-22/h2-16,24-26,28H,17-19H2,1H3/t24-,25+,26+,28+/m0/s1. The van der Waals surface area contributed by atoms with Gasteiger partial charge in [-0.3, -0.25) is 4.79 Å². The lowest BCUT2D eigenvalue weighted by atomic mass is 9.99. The maximum absolute atomic E-state index is 13.3. The Morgan fingerprint density at radius 2 is 1.17 bits per heavy atom. The van der Waals surface area contributed by atoms with E-state index in [1.165, 1.54) is 7.11 Å². The van der Waals surface area contributed by atoms with Crippen LogP contribution in [0.15, 0.2) is 91.0 Å².